The molecule has 0 saturated heterocycles. The van der Waals surface area contributed by atoms with Crippen molar-refractivity contribution in [3.8, 4) is 0 Å². The lowest BCUT2D eigenvalue weighted by atomic mass is 10.2. The number of carbonyl (C=O) groups excluding carboxylic acids is 2. The zero-order chi connectivity index (χ0) is 21.8. The van der Waals surface area contributed by atoms with Crippen molar-refractivity contribution in [1.29, 1.82) is 0 Å². The first-order valence-electron chi connectivity index (χ1n) is 8.38. The van der Waals surface area contributed by atoms with Gasteiger partial charge in [-0.25, -0.2) is 14.4 Å². The predicted molar refractivity (Wildman–Crippen MR) is 92.6 cm³/mol. The Bertz CT molecular complexity index is 385. The van der Waals surface area contributed by atoms with E-state index in [0.29, 0.717) is 6.42 Å². The summed E-state index contributed by atoms with van der Waals surface area (Å²) in [6, 6.07) is 0. The predicted octanol–water partition coefficient (Wildman–Crippen LogP) is -1.57. The SMILES string of the molecule is CC(O)C(=O)OCC(CO)OC(=O)CO.CCCCC(O)C(=O)O.CCO. The summed E-state index contributed by atoms with van der Waals surface area (Å²) in [5, 5.41) is 50.2. The number of rotatable bonds is 10. The van der Waals surface area contributed by atoms with Crippen LogP contribution in [0.3, 0.4) is 0 Å². The number of unbranched alkanes of at least 4 members (excludes halogenated alkanes) is 1. The summed E-state index contributed by atoms with van der Waals surface area (Å²) >= 11 is 0. The third kappa shape index (κ3) is 22.2. The van der Waals surface area contributed by atoms with Crippen molar-refractivity contribution in [2.75, 3.05) is 26.4 Å². The molecule has 0 aromatic rings. The molecule has 0 amide bonds. The molecule has 11 nitrogen and oxygen atoms in total. The van der Waals surface area contributed by atoms with E-state index in [9.17, 15) is 14.4 Å². The molecule has 0 radical (unpaired) electrons. The first-order valence-corrected chi connectivity index (χ1v) is 8.38. The number of carboxylic acids is 1. The van der Waals surface area contributed by atoms with Crippen molar-refractivity contribution in [1.82, 2.24) is 0 Å². The van der Waals surface area contributed by atoms with Crippen molar-refractivity contribution in [2.24, 2.45) is 0 Å². The van der Waals surface area contributed by atoms with Crippen molar-refractivity contribution in [3.63, 3.8) is 0 Å². The van der Waals surface area contributed by atoms with Crippen LogP contribution in [0.1, 0.15) is 40.0 Å². The first-order chi connectivity index (χ1) is 12.6. The lowest BCUT2D eigenvalue weighted by Gasteiger charge is -2.15. The molecule has 162 valence electrons. The van der Waals surface area contributed by atoms with Gasteiger partial charge in [0.05, 0.1) is 6.61 Å². The summed E-state index contributed by atoms with van der Waals surface area (Å²) in [6.45, 7) is 3.37. The minimum Gasteiger partial charge on any atom is -0.479 e. The molecule has 3 atom stereocenters. The second kappa shape index (κ2) is 20.5. The van der Waals surface area contributed by atoms with Gasteiger partial charge in [-0.05, 0) is 20.3 Å². The van der Waals surface area contributed by atoms with Crippen LogP contribution in [0.2, 0.25) is 0 Å². The maximum Gasteiger partial charge on any atom is 0.334 e. The summed E-state index contributed by atoms with van der Waals surface area (Å²) < 4.78 is 8.98. The molecule has 6 N–H and O–H groups in total. The molecule has 0 fully saturated rings. The van der Waals surface area contributed by atoms with Crippen LogP contribution in [0.25, 0.3) is 0 Å². The van der Waals surface area contributed by atoms with Crippen LogP contribution in [-0.4, -0.2) is 93.3 Å². The van der Waals surface area contributed by atoms with Crippen LogP contribution in [0.15, 0.2) is 0 Å². The highest BCUT2D eigenvalue weighted by molar-refractivity contribution is 5.74. The zero-order valence-electron chi connectivity index (χ0n) is 15.9. The summed E-state index contributed by atoms with van der Waals surface area (Å²) in [4.78, 5) is 31.3. The van der Waals surface area contributed by atoms with Crippen LogP contribution in [-0.2, 0) is 23.9 Å². The summed E-state index contributed by atoms with van der Waals surface area (Å²) in [5.41, 5.74) is 0. The normalized spacial score (nSPS) is 12.9. The zero-order valence-corrected chi connectivity index (χ0v) is 15.9. The van der Waals surface area contributed by atoms with Crippen LogP contribution >= 0.6 is 0 Å². The number of aliphatic hydroxyl groups excluding tert-OH is 5. The van der Waals surface area contributed by atoms with Crippen LogP contribution < -0.4 is 0 Å². The maximum atomic E-state index is 10.8. The van der Waals surface area contributed by atoms with Crippen LogP contribution in [0.4, 0.5) is 0 Å². The summed E-state index contributed by atoms with van der Waals surface area (Å²) in [6.07, 6.45) is -1.42. The highest BCUT2D eigenvalue weighted by Crippen LogP contribution is 1.99. The molecular formula is C16H32O11. The van der Waals surface area contributed by atoms with Gasteiger partial charge in [0.1, 0.15) is 19.3 Å². The number of aliphatic hydroxyl groups is 5. The Labute approximate surface area is 158 Å². The Balaban J connectivity index is -0.000000407. The molecule has 0 bridgehead atoms. The smallest absolute Gasteiger partial charge is 0.334 e. The van der Waals surface area contributed by atoms with Gasteiger partial charge in [-0.3, -0.25) is 0 Å². The first kappa shape index (κ1) is 30.0. The number of hydrogen-bond donors (Lipinski definition) is 6. The van der Waals surface area contributed by atoms with Gasteiger partial charge in [0.2, 0.25) is 0 Å². The van der Waals surface area contributed by atoms with Gasteiger partial charge < -0.3 is 40.1 Å². The van der Waals surface area contributed by atoms with Gasteiger partial charge in [-0.15, -0.1) is 0 Å². The average Bonchev–Trinajstić information content (AvgIpc) is 2.63. The summed E-state index contributed by atoms with van der Waals surface area (Å²) in [7, 11) is 0. The van der Waals surface area contributed by atoms with E-state index in [1.165, 1.54) is 6.92 Å². The van der Waals surface area contributed by atoms with E-state index in [4.69, 9.17) is 30.6 Å². The Morgan fingerprint density at radius 2 is 1.56 bits per heavy atom. The number of aliphatic carboxylic acids is 1. The fourth-order valence-corrected chi connectivity index (χ4v) is 1.16. The minimum absolute atomic E-state index is 0.250. The minimum atomic E-state index is -1.28. The monoisotopic (exact) mass is 400 g/mol. The van der Waals surface area contributed by atoms with Gasteiger partial charge in [-0.2, -0.15) is 0 Å². The van der Waals surface area contributed by atoms with Gasteiger partial charge >= 0.3 is 17.9 Å². The quantitative estimate of drug-likeness (QED) is 0.232. The lowest BCUT2D eigenvalue weighted by molar-refractivity contribution is -0.167. The third-order valence-electron chi connectivity index (χ3n) is 2.50. The van der Waals surface area contributed by atoms with E-state index in [1.807, 2.05) is 6.92 Å². The number of esters is 2. The molecule has 27 heavy (non-hydrogen) atoms. The molecule has 3 unspecified atom stereocenters. The highest BCUT2D eigenvalue weighted by atomic mass is 16.6. The standard InChI is InChI=1S/C8H14O7.C6H12O3.C2H6O/c1-5(11)8(13)14-4-6(2-9)15-7(12)3-10;1-2-3-4-5(7)6(8)9;1-2-3/h5-6,9-11H,2-4H2,1H3;5,7H,2-4H2,1H3,(H,8,9);3H,2H2,1H3. The third-order valence-corrected chi connectivity index (χ3v) is 2.50. The lowest BCUT2D eigenvalue weighted by Crippen LogP contribution is -2.31. The summed E-state index contributed by atoms with van der Waals surface area (Å²) in [5.74, 6) is -2.93. The molecule has 0 spiro atoms. The van der Waals surface area contributed by atoms with Gasteiger partial charge in [0, 0.05) is 6.61 Å². The Hall–Kier alpha value is -1.79. The molecule has 0 rings (SSSR count). The largest absolute Gasteiger partial charge is 0.479 e. The van der Waals surface area contributed by atoms with Gasteiger partial charge in [0.15, 0.2) is 12.2 Å². The molecule has 0 aliphatic heterocycles. The van der Waals surface area contributed by atoms with Crippen molar-refractivity contribution in [3.05, 3.63) is 0 Å². The molecule has 0 aliphatic rings. The fraction of sp³-hybridized carbons (Fsp3) is 0.812. The number of carbonyl (C=O) groups is 3. The second-order valence-corrected chi connectivity index (χ2v) is 5.07. The van der Waals surface area contributed by atoms with Crippen molar-refractivity contribution in [2.45, 2.75) is 58.3 Å². The highest BCUT2D eigenvalue weighted by Gasteiger charge is 2.17. The maximum absolute atomic E-state index is 10.8. The number of carboxylic acid groups (broad SMARTS) is 1. The van der Waals surface area contributed by atoms with Crippen molar-refractivity contribution < 1.29 is 54.5 Å². The molecule has 0 aliphatic carbocycles. The number of ether oxygens (including phenoxy) is 2. The molecule has 11 heteroatoms. The van der Waals surface area contributed by atoms with Crippen LogP contribution in [0.5, 0.6) is 0 Å². The Morgan fingerprint density at radius 1 is 1.04 bits per heavy atom. The van der Waals surface area contributed by atoms with E-state index in [1.54, 1.807) is 6.92 Å². The van der Waals surface area contributed by atoms with Crippen LogP contribution in [0, 0.1) is 0 Å². The molecule has 0 aromatic heterocycles. The van der Waals surface area contributed by atoms with E-state index in [-0.39, 0.29) is 13.2 Å². The topological polar surface area (TPSA) is 191 Å². The Morgan fingerprint density at radius 3 is 1.89 bits per heavy atom. The second-order valence-electron chi connectivity index (χ2n) is 5.07. The molecule has 0 saturated carbocycles. The van der Waals surface area contributed by atoms with E-state index < -0.39 is 49.4 Å². The molecule has 0 aromatic carbocycles. The molecular weight excluding hydrogens is 368 g/mol. The molecule has 0 heterocycles. The van der Waals surface area contributed by atoms with E-state index >= 15 is 0 Å². The van der Waals surface area contributed by atoms with Crippen molar-refractivity contribution >= 4 is 17.9 Å². The number of hydrogen-bond acceptors (Lipinski definition) is 10. The fourth-order valence-electron chi connectivity index (χ4n) is 1.16. The van der Waals surface area contributed by atoms with E-state index in [2.05, 4.69) is 9.47 Å². The average molecular weight is 400 g/mol. The van der Waals surface area contributed by atoms with Gasteiger partial charge in [0.25, 0.3) is 0 Å². The van der Waals surface area contributed by atoms with E-state index in [0.717, 1.165) is 12.8 Å². The Kier molecular flexibility index (Phi) is 22.8. The van der Waals surface area contributed by atoms with Gasteiger partial charge in [-0.1, -0.05) is 19.8 Å².